The van der Waals surface area contributed by atoms with Gasteiger partial charge in [0.1, 0.15) is 6.61 Å². The van der Waals surface area contributed by atoms with Gasteiger partial charge in [0, 0.05) is 19.1 Å². The molecule has 1 saturated heterocycles. The standard InChI is InChI=1S/C19H30N2O2/c1-19(2,3)11-13-21(14-17-10-7-12-20-17)18(22)23-15-16-8-5-4-6-9-16/h4-6,8-9,17,20H,7,10-15H2,1-3H3/t17-/m0/s1. The molecule has 0 aliphatic carbocycles. The van der Waals surface area contributed by atoms with Crippen molar-refractivity contribution < 1.29 is 9.53 Å². The molecule has 1 amide bonds. The Morgan fingerprint density at radius 2 is 2.04 bits per heavy atom. The third kappa shape index (κ3) is 6.61. The molecule has 0 radical (unpaired) electrons. The van der Waals surface area contributed by atoms with E-state index in [1.54, 1.807) is 0 Å². The number of carbonyl (C=O) groups excluding carboxylic acids is 1. The van der Waals surface area contributed by atoms with E-state index in [9.17, 15) is 4.79 Å². The number of benzene rings is 1. The highest BCUT2D eigenvalue weighted by molar-refractivity contribution is 5.67. The minimum atomic E-state index is -0.202. The average Bonchev–Trinajstić information content (AvgIpc) is 3.02. The first-order chi connectivity index (χ1) is 10.9. The summed E-state index contributed by atoms with van der Waals surface area (Å²) in [6.07, 6.45) is 3.10. The third-order valence-corrected chi connectivity index (χ3v) is 4.20. The Labute approximate surface area is 140 Å². The van der Waals surface area contributed by atoms with E-state index < -0.39 is 0 Å². The number of nitrogens with zero attached hydrogens (tertiary/aromatic N) is 1. The van der Waals surface area contributed by atoms with E-state index in [1.807, 2.05) is 35.2 Å². The molecule has 2 rings (SSSR count). The van der Waals surface area contributed by atoms with Crippen LogP contribution in [0.3, 0.4) is 0 Å². The number of amides is 1. The van der Waals surface area contributed by atoms with Crippen molar-refractivity contribution >= 4 is 6.09 Å². The van der Waals surface area contributed by atoms with Crippen LogP contribution >= 0.6 is 0 Å². The number of hydrogen-bond acceptors (Lipinski definition) is 3. The first-order valence-corrected chi connectivity index (χ1v) is 8.63. The summed E-state index contributed by atoms with van der Waals surface area (Å²) in [5, 5.41) is 3.46. The van der Waals surface area contributed by atoms with Gasteiger partial charge in [-0.25, -0.2) is 4.79 Å². The first-order valence-electron chi connectivity index (χ1n) is 8.63. The second-order valence-electron chi connectivity index (χ2n) is 7.59. The van der Waals surface area contributed by atoms with E-state index >= 15 is 0 Å². The van der Waals surface area contributed by atoms with Gasteiger partial charge in [0.25, 0.3) is 0 Å². The fourth-order valence-electron chi connectivity index (χ4n) is 2.72. The monoisotopic (exact) mass is 318 g/mol. The highest BCUT2D eigenvalue weighted by Crippen LogP contribution is 2.20. The molecular formula is C19H30N2O2. The summed E-state index contributed by atoms with van der Waals surface area (Å²) in [7, 11) is 0. The molecule has 4 heteroatoms. The molecule has 1 aliphatic heterocycles. The zero-order valence-electron chi connectivity index (χ0n) is 14.7. The molecule has 1 heterocycles. The highest BCUT2D eigenvalue weighted by Gasteiger charge is 2.24. The third-order valence-electron chi connectivity index (χ3n) is 4.20. The van der Waals surface area contributed by atoms with Gasteiger partial charge in [-0.15, -0.1) is 0 Å². The van der Waals surface area contributed by atoms with Crippen LogP contribution in [0, 0.1) is 5.41 Å². The quantitative estimate of drug-likeness (QED) is 0.867. The number of carbonyl (C=O) groups is 1. The van der Waals surface area contributed by atoms with Crippen LogP contribution in [0.5, 0.6) is 0 Å². The van der Waals surface area contributed by atoms with Crippen LogP contribution in [0.2, 0.25) is 0 Å². The molecule has 23 heavy (non-hydrogen) atoms. The molecule has 4 nitrogen and oxygen atoms in total. The Hall–Kier alpha value is -1.55. The van der Waals surface area contributed by atoms with Crippen molar-refractivity contribution in [1.29, 1.82) is 0 Å². The summed E-state index contributed by atoms with van der Waals surface area (Å²) in [6, 6.07) is 10.2. The molecule has 0 unspecified atom stereocenters. The molecule has 1 fully saturated rings. The van der Waals surface area contributed by atoms with Crippen molar-refractivity contribution in [2.75, 3.05) is 19.6 Å². The van der Waals surface area contributed by atoms with E-state index in [1.165, 1.54) is 6.42 Å². The van der Waals surface area contributed by atoms with Gasteiger partial charge in [-0.2, -0.15) is 0 Å². The van der Waals surface area contributed by atoms with Crippen LogP contribution in [0.15, 0.2) is 30.3 Å². The molecular weight excluding hydrogens is 288 g/mol. The Morgan fingerprint density at radius 1 is 1.30 bits per heavy atom. The molecule has 1 aliphatic rings. The molecule has 1 aromatic carbocycles. The lowest BCUT2D eigenvalue weighted by molar-refractivity contribution is 0.0889. The largest absolute Gasteiger partial charge is 0.445 e. The highest BCUT2D eigenvalue weighted by atomic mass is 16.6. The van der Waals surface area contributed by atoms with Crippen molar-refractivity contribution in [3.05, 3.63) is 35.9 Å². The molecule has 0 saturated carbocycles. The number of ether oxygens (including phenoxy) is 1. The first kappa shape index (κ1) is 17.8. The number of hydrogen-bond donors (Lipinski definition) is 1. The lowest BCUT2D eigenvalue weighted by atomic mass is 9.92. The SMILES string of the molecule is CC(C)(C)CCN(C[C@@H]1CCCN1)C(=O)OCc1ccccc1. The minimum Gasteiger partial charge on any atom is -0.445 e. The summed E-state index contributed by atoms with van der Waals surface area (Å²) in [5.74, 6) is 0. The smallest absolute Gasteiger partial charge is 0.410 e. The Balaban J connectivity index is 1.89. The Bertz CT molecular complexity index is 476. The molecule has 0 aromatic heterocycles. The lowest BCUT2D eigenvalue weighted by Gasteiger charge is -2.28. The maximum atomic E-state index is 12.5. The van der Waals surface area contributed by atoms with Crippen molar-refractivity contribution in [2.45, 2.75) is 52.7 Å². The summed E-state index contributed by atoms with van der Waals surface area (Å²) >= 11 is 0. The van der Waals surface area contributed by atoms with E-state index in [0.717, 1.165) is 38.0 Å². The fourth-order valence-corrected chi connectivity index (χ4v) is 2.72. The molecule has 0 spiro atoms. The molecule has 1 N–H and O–H groups in total. The summed E-state index contributed by atoms with van der Waals surface area (Å²) in [5.41, 5.74) is 1.23. The van der Waals surface area contributed by atoms with Crippen LogP contribution in [0.25, 0.3) is 0 Å². The van der Waals surface area contributed by atoms with Gasteiger partial charge < -0.3 is 15.0 Å². The van der Waals surface area contributed by atoms with Crippen LogP contribution in [0.1, 0.15) is 45.6 Å². The van der Waals surface area contributed by atoms with Crippen molar-refractivity contribution in [2.24, 2.45) is 5.41 Å². The van der Waals surface area contributed by atoms with Crippen molar-refractivity contribution in [1.82, 2.24) is 10.2 Å². The van der Waals surface area contributed by atoms with Gasteiger partial charge in [0.05, 0.1) is 0 Å². The summed E-state index contributed by atoms with van der Waals surface area (Å²) in [4.78, 5) is 14.4. The predicted octanol–water partition coefficient (Wildman–Crippen LogP) is 3.81. The van der Waals surface area contributed by atoms with Crippen LogP contribution < -0.4 is 5.32 Å². The second kappa shape index (κ2) is 8.34. The van der Waals surface area contributed by atoms with Crippen molar-refractivity contribution in [3.63, 3.8) is 0 Å². The van der Waals surface area contributed by atoms with E-state index in [4.69, 9.17) is 4.74 Å². The Morgan fingerprint density at radius 3 is 2.65 bits per heavy atom. The van der Waals surface area contributed by atoms with E-state index in [2.05, 4.69) is 26.1 Å². The minimum absolute atomic E-state index is 0.202. The summed E-state index contributed by atoms with van der Waals surface area (Å²) in [6.45, 7) is 9.48. The van der Waals surface area contributed by atoms with Gasteiger partial charge in [-0.05, 0) is 36.8 Å². The maximum Gasteiger partial charge on any atom is 0.410 e. The van der Waals surface area contributed by atoms with E-state index in [0.29, 0.717) is 12.6 Å². The van der Waals surface area contributed by atoms with Gasteiger partial charge >= 0.3 is 6.09 Å². The van der Waals surface area contributed by atoms with Crippen LogP contribution in [-0.4, -0.2) is 36.7 Å². The summed E-state index contributed by atoms with van der Waals surface area (Å²) < 4.78 is 5.52. The molecule has 128 valence electrons. The fraction of sp³-hybridized carbons (Fsp3) is 0.632. The second-order valence-corrected chi connectivity index (χ2v) is 7.59. The zero-order chi connectivity index (χ0) is 16.7. The van der Waals surface area contributed by atoms with Crippen molar-refractivity contribution in [3.8, 4) is 0 Å². The van der Waals surface area contributed by atoms with Gasteiger partial charge in [0.2, 0.25) is 0 Å². The van der Waals surface area contributed by atoms with Crippen LogP contribution in [-0.2, 0) is 11.3 Å². The average molecular weight is 318 g/mol. The normalized spacial score (nSPS) is 18.0. The Kier molecular flexibility index (Phi) is 6.46. The molecule has 1 aromatic rings. The lowest BCUT2D eigenvalue weighted by Crippen LogP contribution is -2.42. The predicted molar refractivity (Wildman–Crippen MR) is 93.3 cm³/mol. The van der Waals surface area contributed by atoms with Crippen LogP contribution in [0.4, 0.5) is 4.79 Å². The topological polar surface area (TPSA) is 41.6 Å². The maximum absolute atomic E-state index is 12.5. The number of rotatable bonds is 6. The van der Waals surface area contributed by atoms with Gasteiger partial charge in [-0.3, -0.25) is 0 Å². The molecule has 0 bridgehead atoms. The molecule has 1 atom stereocenters. The van der Waals surface area contributed by atoms with Gasteiger partial charge in [-0.1, -0.05) is 51.1 Å². The van der Waals surface area contributed by atoms with Gasteiger partial charge in [0.15, 0.2) is 0 Å². The van der Waals surface area contributed by atoms with E-state index in [-0.39, 0.29) is 11.5 Å². The number of nitrogens with one attached hydrogen (secondary N) is 1. The zero-order valence-corrected chi connectivity index (χ0v) is 14.7.